The number of benzene rings is 1. The Morgan fingerprint density at radius 3 is 2.64 bits per heavy atom. The van der Waals surface area contributed by atoms with Crippen molar-refractivity contribution < 1.29 is 41.9 Å². The number of phosphoric ester groups is 1. The predicted octanol–water partition coefficient (Wildman–Crippen LogP) is 1.68. The first-order valence-corrected chi connectivity index (χ1v) is 13.3. The van der Waals surface area contributed by atoms with Gasteiger partial charge in [-0.05, 0) is 44.5 Å². The molecule has 0 radical (unpaired) electrons. The number of aromatic nitrogens is 2. The predicted molar refractivity (Wildman–Crippen MR) is 136 cm³/mol. The van der Waals surface area contributed by atoms with Crippen molar-refractivity contribution >= 4 is 31.2 Å². The molecule has 2 heterocycles. The third kappa shape index (κ3) is 7.14. The normalized spacial score (nSPS) is 24.9. The summed E-state index contributed by atoms with van der Waals surface area (Å²) in [6.07, 6.45) is -5.97. The monoisotopic (exact) mass is 588 g/mol. The zero-order valence-electron chi connectivity index (χ0n) is 21.0. The van der Waals surface area contributed by atoms with Gasteiger partial charge in [0.05, 0.1) is 18.9 Å². The largest absolute Gasteiger partial charge is 0.530 e. The van der Waals surface area contributed by atoms with Crippen LogP contribution in [0.2, 0.25) is 0 Å². The van der Waals surface area contributed by atoms with E-state index in [1.165, 1.54) is 19.1 Å². The summed E-state index contributed by atoms with van der Waals surface area (Å²) in [6.45, 7) is 3.80. The molecule has 3 rings (SSSR count). The summed E-state index contributed by atoms with van der Waals surface area (Å²) in [4.78, 5) is 28.0. The van der Waals surface area contributed by atoms with E-state index >= 15 is 0 Å². The topological polar surface area (TPSA) is 187 Å². The van der Waals surface area contributed by atoms with E-state index in [0.717, 1.165) is 0 Å². The van der Waals surface area contributed by atoms with Gasteiger partial charge in [-0.15, -0.1) is 0 Å². The maximum absolute atomic E-state index is 14.1. The number of halogens is 2. The zero-order chi connectivity index (χ0) is 29.0. The molecule has 1 aromatic carbocycles. The number of hydrogen-bond acceptors (Lipinski definition) is 12. The van der Waals surface area contributed by atoms with Gasteiger partial charge in [-0.2, -0.15) is 4.98 Å². The number of para-hydroxylation sites is 1. The summed E-state index contributed by atoms with van der Waals surface area (Å²) in [7, 11) is -4.60. The van der Waals surface area contributed by atoms with Crippen LogP contribution < -0.4 is 21.7 Å². The molecule has 13 nitrogen and oxygen atoms in total. The molecule has 6 atom stereocenters. The molecule has 212 valence electrons. The molecule has 1 unspecified atom stereocenters. The highest BCUT2D eigenvalue weighted by molar-refractivity contribution is 7.49. The minimum Gasteiger partial charge on any atom is -0.461 e. The van der Waals surface area contributed by atoms with E-state index in [1.54, 1.807) is 32.0 Å². The van der Waals surface area contributed by atoms with E-state index in [4.69, 9.17) is 46.1 Å². The van der Waals surface area contributed by atoms with Gasteiger partial charge in [-0.3, -0.25) is 13.6 Å². The molecule has 0 spiro atoms. The number of nitrogens with zero attached hydrogens (tertiary/aromatic N) is 2. The van der Waals surface area contributed by atoms with E-state index in [-0.39, 0.29) is 5.75 Å². The fraction of sp³-hybridized carbons (Fsp3) is 0.435. The average molecular weight is 589 g/mol. The summed E-state index contributed by atoms with van der Waals surface area (Å²) >= 11 is 5.53. The number of carbonyl (C=O) groups excluding carboxylic acids is 1. The molecule has 0 aliphatic carbocycles. The number of nitrogen functional groups attached to an aromatic ring is 1. The van der Waals surface area contributed by atoms with Crippen molar-refractivity contribution in [2.24, 2.45) is 5.73 Å². The lowest BCUT2D eigenvalue weighted by Gasteiger charge is -2.27. The van der Waals surface area contributed by atoms with Crippen LogP contribution in [-0.2, 0) is 27.9 Å². The number of hydrogen-bond donors (Lipinski definition) is 3. The minimum absolute atomic E-state index is 0.0761. The number of anilines is 1. The first-order chi connectivity index (χ1) is 18.3. The lowest BCUT2D eigenvalue weighted by molar-refractivity contribution is -0.156. The summed E-state index contributed by atoms with van der Waals surface area (Å²) in [6, 6.07) is 7.79. The molecule has 1 fully saturated rings. The van der Waals surface area contributed by atoms with Crippen molar-refractivity contribution in [1.82, 2.24) is 9.55 Å². The highest BCUT2D eigenvalue weighted by Crippen LogP contribution is 2.51. The molecular formula is C23H27ClFN4O9P. The average Bonchev–Trinajstić information content (AvgIpc) is 3.10. The molecule has 2 aromatic rings. The standard InChI is InChI=1S/C23H27ClFN4O9P/c1-13(2)35-20(31)14(3)37-39(33,38-15-7-5-4-6-8-15)34-12-17-18(30)23(27,9-10-24)21(36-17)29-11-16(25)19(26)28-22(29)32/h4-8,11,13-14,17-18,21,30H,12,27H2,1-3H3,(H2,26,28,32)/t14-,17+,18-,21+,23?,39-/m0/s1. The second-order valence-electron chi connectivity index (χ2n) is 8.67. The van der Waals surface area contributed by atoms with Gasteiger partial charge >= 0.3 is 19.5 Å². The fourth-order valence-corrected chi connectivity index (χ4v) is 5.00. The summed E-state index contributed by atoms with van der Waals surface area (Å²) in [5.41, 5.74) is 8.44. The van der Waals surface area contributed by atoms with E-state index in [2.05, 4.69) is 10.9 Å². The zero-order valence-corrected chi connectivity index (χ0v) is 22.7. The van der Waals surface area contributed by atoms with Crippen LogP contribution in [0.1, 0.15) is 27.0 Å². The van der Waals surface area contributed by atoms with Gasteiger partial charge in [-0.1, -0.05) is 24.1 Å². The molecule has 0 amide bonds. The van der Waals surface area contributed by atoms with Crippen molar-refractivity contribution in [3.8, 4) is 17.0 Å². The lowest BCUT2D eigenvalue weighted by atomic mass is 9.92. The van der Waals surface area contributed by atoms with Gasteiger partial charge in [-0.25, -0.2) is 18.5 Å². The van der Waals surface area contributed by atoms with Crippen LogP contribution in [0.4, 0.5) is 10.2 Å². The molecule has 1 aliphatic rings. The van der Waals surface area contributed by atoms with Gasteiger partial charge in [0.2, 0.25) is 0 Å². The Morgan fingerprint density at radius 1 is 1.36 bits per heavy atom. The number of ether oxygens (including phenoxy) is 2. The SMILES string of the molecule is CC(C)OC(=O)[C@H](C)O[P@](=O)(OC[C@H]1O[C@@H](n2cc(F)c(N)nc2=O)C(N)(C#CCl)[C@H]1O)Oc1ccccc1. The summed E-state index contributed by atoms with van der Waals surface area (Å²) in [5, 5.41) is 13.0. The van der Waals surface area contributed by atoms with Crippen LogP contribution in [0, 0.1) is 17.1 Å². The Labute approximate surface area is 227 Å². The molecule has 16 heteroatoms. The first kappa shape index (κ1) is 30.5. The lowest BCUT2D eigenvalue weighted by Crippen LogP contribution is -2.55. The van der Waals surface area contributed by atoms with E-state index < -0.39 is 73.9 Å². The Kier molecular flexibility index (Phi) is 9.74. The van der Waals surface area contributed by atoms with Crippen LogP contribution in [0.3, 0.4) is 0 Å². The van der Waals surface area contributed by atoms with Crippen molar-refractivity contribution in [1.29, 1.82) is 0 Å². The molecule has 1 saturated heterocycles. The Balaban J connectivity index is 1.88. The van der Waals surface area contributed by atoms with Gasteiger partial charge in [0.25, 0.3) is 0 Å². The number of aliphatic hydroxyl groups excluding tert-OH is 1. The number of esters is 1. The Morgan fingerprint density at radius 2 is 2.03 bits per heavy atom. The van der Waals surface area contributed by atoms with Gasteiger partial charge in [0.1, 0.15) is 18.0 Å². The number of nitrogens with two attached hydrogens (primary N) is 2. The third-order valence-electron chi connectivity index (χ3n) is 5.33. The smallest absolute Gasteiger partial charge is 0.461 e. The molecule has 0 saturated carbocycles. The highest BCUT2D eigenvalue weighted by Gasteiger charge is 2.55. The van der Waals surface area contributed by atoms with Crippen LogP contribution in [0.15, 0.2) is 41.3 Å². The minimum atomic E-state index is -4.60. The first-order valence-electron chi connectivity index (χ1n) is 11.5. The molecular weight excluding hydrogens is 562 g/mol. The van der Waals surface area contributed by atoms with Crippen molar-refractivity contribution in [2.75, 3.05) is 12.3 Å². The maximum atomic E-state index is 14.1. The Hall–Kier alpha value is -3.02. The highest BCUT2D eigenvalue weighted by atomic mass is 35.5. The molecule has 1 aromatic heterocycles. The molecule has 0 bridgehead atoms. The number of carbonyl (C=O) groups is 1. The quantitative estimate of drug-likeness (QED) is 0.207. The van der Waals surface area contributed by atoms with Gasteiger partial charge in [0.15, 0.2) is 29.5 Å². The second kappa shape index (κ2) is 12.4. The number of phosphoric acid groups is 1. The van der Waals surface area contributed by atoms with Crippen molar-refractivity contribution in [3.63, 3.8) is 0 Å². The summed E-state index contributed by atoms with van der Waals surface area (Å²) in [5.74, 6) is -0.147. The van der Waals surface area contributed by atoms with Crippen LogP contribution in [-0.4, -0.2) is 57.2 Å². The maximum Gasteiger partial charge on any atom is 0.530 e. The number of rotatable bonds is 10. The second-order valence-corrected chi connectivity index (χ2v) is 10.4. The third-order valence-corrected chi connectivity index (χ3v) is 6.90. The summed E-state index contributed by atoms with van der Waals surface area (Å²) < 4.78 is 55.3. The van der Waals surface area contributed by atoms with Crippen LogP contribution >= 0.6 is 19.4 Å². The van der Waals surface area contributed by atoms with E-state index in [9.17, 15) is 23.7 Å². The van der Waals surface area contributed by atoms with Crippen LogP contribution in [0.5, 0.6) is 5.75 Å². The van der Waals surface area contributed by atoms with Gasteiger partial charge in [0, 0.05) is 5.38 Å². The fourth-order valence-electron chi connectivity index (χ4n) is 3.49. The Bertz CT molecular complexity index is 1350. The molecule has 1 aliphatic heterocycles. The van der Waals surface area contributed by atoms with Crippen molar-refractivity contribution in [3.05, 3.63) is 52.8 Å². The van der Waals surface area contributed by atoms with Gasteiger partial charge < -0.3 is 30.6 Å². The van der Waals surface area contributed by atoms with Crippen molar-refractivity contribution in [2.45, 2.75) is 57.0 Å². The number of aliphatic hydroxyl groups is 1. The molecule has 39 heavy (non-hydrogen) atoms. The van der Waals surface area contributed by atoms with E-state index in [1.807, 2.05) is 5.38 Å². The van der Waals surface area contributed by atoms with E-state index in [0.29, 0.717) is 10.8 Å². The molecule has 5 N–H and O–H groups in total. The van der Waals surface area contributed by atoms with Crippen LogP contribution in [0.25, 0.3) is 0 Å².